The number of carbonyl (C=O) groups is 8. The third-order valence-corrected chi connectivity index (χ3v) is 7.49. The molecule has 1 heterocycles. The monoisotopic (exact) mass is 645 g/mol. The average Bonchev–Trinajstić information content (AvgIpc) is 2.95. The van der Waals surface area contributed by atoms with Gasteiger partial charge in [-0.25, -0.2) is 0 Å². The maximum Gasteiger partial charge on any atom is 0.305 e. The lowest BCUT2D eigenvalue weighted by Gasteiger charge is -2.39. The van der Waals surface area contributed by atoms with Crippen LogP contribution in [0.25, 0.3) is 0 Å². The third kappa shape index (κ3) is 10.1. The topological polar surface area (TPSA) is 228 Å². The van der Waals surface area contributed by atoms with E-state index in [2.05, 4.69) is 21.3 Å². The van der Waals surface area contributed by atoms with Crippen LogP contribution >= 0.6 is 0 Å². The van der Waals surface area contributed by atoms with Crippen molar-refractivity contribution in [2.75, 3.05) is 6.54 Å². The van der Waals surface area contributed by atoms with Gasteiger partial charge in [-0.1, -0.05) is 51.5 Å². The highest BCUT2D eigenvalue weighted by atomic mass is 16.4. The summed E-state index contributed by atoms with van der Waals surface area (Å²) in [5, 5.41) is 28.4. The number of nitrogens with one attached hydrogen (secondary N) is 4. The number of benzene rings is 1. The van der Waals surface area contributed by atoms with Gasteiger partial charge in [0.25, 0.3) is 0 Å². The van der Waals surface area contributed by atoms with Crippen LogP contribution in [-0.2, 0) is 44.8 Å². The molecule has 0 saturated heterocycles. The van der Waals surface area contributed by atoms with Gasteiger partial charge in [-0.05, 0) is 36.3 Å². The molecule has 15 nitrogen and oxygen atoms in total. The van der Waals surface area contributed by atoms with Gasteiger partial charge < -0.3 is 41.2 Å². The number of aliphatic carboxylic acids is 2. The van der Waals surface area contributed by atoms with Crippen molar-refractivity contribution >= 4 is 47.8 Å². The molecule has 0 spiro atoms. The first kappa shape index (κ1) is 37.4. The van der Waals surface area contributed by atoms with Crippen LogP contribution in [0.5, 0.6) is 0 Å². The smallest absolute Gasteiger partial charge is 0.305 e. The normalized spacial score (nSPS) is 16.7. The first-order chi connectivity index (χ1) is 21.5. The molecule has 0 bridgehead atoms. The number of aldehydes is 1. The number of hydrogen-bond donors (Lipinski definition) is 6. The Balaban J connectivity index is 2.43. The summed E-state index contributed by atoms with van der Waals surface area (Å²) in [6, 6.07) is -1.30. The summed E-state index contributed by atoms with van der Waals surface area (Å²) in [5.41, 5.74) is 2.15. The van der Waals surface area contributed by atoms with E-state index in [-0.39, 0.29) is 6.54 Å². The van der Waals surface area contributed by atoms with Crippen LogP contribution < -0.4 is 21.3 Å². The van der Waals surface area contributed by atoms with Crippen LogP contribution in [0.1, 0.15) is 70.2 Å². The Morgan fingerprint density at radius 1 is 0.870 bits per heavy atom. The van der Waals surface area contributed by atoms with E-state index in [0.29, 0.717) is 18.3 Å². The van der Waals surface area contributed by atoms with Gasteiger partial charge in [0.05, 0.1) is 18.9 Å². The number of rotatable bonds is 15. The summed E-state index contributed by atoms with van der Waals surface area (Å²) in [6.45, 7) is 9.68. The summed E-state index contributed by atoms with van der Waals surface area (Å²) >= 11 is 0. The molecule has 1 aliphatic rings. The van der Waals surface area contributed by atoms with Crippen molar-refractivity contribution in [3.8, 4) is 0 Å². The molecule has 5 atom stereocenters. The van der Waals surface area contributed by atoms with Crippen molar-refractivity contribution in [1.82, 2.24) is 26.2 Å². The minimum Gasteiger partial charge on any atom is -0.481 e. The maximum atomic E-state index is 14.1. The summed E-state index contributed by atoms with van der Waals surface area (Å²) in [7, 11) is 0. The minimum atomic E-state index is -1.61. The van der Waals surface area contributed by atoms with E-state index in [4.69, 9.17) is 5.11 Å². The predicted octanol–water partition coefficient (Wildman–Crippen LogP) is -0.160. The summed E-state index contributed by atoms with van der Waals surface area (Å²) < 4.78 is 0. The second-order valence-corrected chi connectivity index (χ2v) is 12.0. The molecule has 46 heavy (non-hydrogen) atoms. The first-order valence-electron chi connectivity index (χ1n) is 14.9. The minimum absolute atomic E-state index is 0.0409. The maximum absolute atomic E-state index is 14.1. The van der Waals surface area contributed by atoms with E-state index in [0.717, 1.165) is 11.1 Å². The molecule has 1 aromatic rings. The molecule has 1 aromatic carbocycles. The molecule has 6 N–H and O–H groups in total. The fourth-order valence-electron chi connectivity index (χ4n) is 5.20. The number of fused-ring (bicyclic) bond motifs is 1. The zero-order valence-electron chi connectivity index (χ0n) is 26.8. The molecule has 4 unspecified atom stereocenters. The zero-order valence-corrected chi connectivity index (χ0v) is 26.8. The van der Waals surface area contributed by atoms with Gasteiger partial charge in [-0.3, -0.25) is 33.6 Å². The predicted molar refractivity (Wildman–Crippen MR) is 163 cm³/mol. The number of carboxylic acids is 2. The van der Waals surface area contributed by atoms with Crippen molar-refractivity contribution in [1.29, 1.82) is 0 Å². The van der Waals surface area contributed by atoms with Crippen molar-refractivity contribution in [3.63, 3.8) is 0 Å². The number of nitrogens with zero attached hydrogens (tertiary/aromatic N) is 1. The number of aryl methyl sites for hydroxylation is 1. The number of hydrogen-bond acceptors (Lipinski definition) is 8. The van der Waals surface area contributed by atoms with Crippen LogP contribution in [0.2, 0.25) is 0 Å². The molecule has 252 valence electrons. The fraction of sp³-hybridized carbons (Fsp3) is 0.548. The highest BCUT2D eigenvalue weighted by Crippen LogP contribution is 2.32. The largest absolute Gasteiger partial charge is 0.481 e. The Morgan fingerprint density at radius 2 is 1.48 bits per heavy atom. The Hall–Kier alpha value is -4.82. The second kappa shape index (κ2) is 16.5. The summed E-state index contributed by atoms with van der Waals surface area (Å²) in [5.74, 6) is -7.42. The fourth-order valence-corrected chi connectivity index (χ4v) is 5.20. The average molecular weight is 646 g/mol. The molecular formula is C31H43N5O10. The lowest BCUT2D eigenvalue weighted by Crippen LogP contribution is -2.60. The summed E-state index contributed by atoms with van der Waals surface area (Å²) in [4.78, 5) is 101. The van der Waals surface area contributed by atoms with E-state index in [1.807, 2.05) is 13.0 Å². The Labute approximate surface area is 266 Å². The first-order valence-corrected chi connectivity index (χ1v) is 14.9. The second-order valence-electron chi connectivity index (χ2n) is 12.0. The van der Waals surface area contributed by atoms with E-state index in [9.17, 15) is 43.5 Å². The SMILES string of the molecule is CC(=O)NC(C(=O)NC(CC(=O)O)C(=O)NC(C(=O)N1CCc2cc(C)ccc2[C@H]1C(=O)NC(C=O)CC(=O)O)C(C)C)C(C)C. The molecular weight excluding hydrogens is 602 g/mol. The summed E-state index contributed by atoms with van der Waals surface area (Å²) in [6.07, 6.45) is -0.840. The van der Waals surface area contributed by atoms with E-state index < -0.39 is 96.4 Å². The van der Waals surface area contributed by atoms with Crippen LogP contribution in [-0.4, -0.2) is 93.6 Å². The van der Waals surface area contributed by atoms with Crippen LogP contribution in [0.15, 0.2) is 18.2 Å². The van der Waals surface area contributed by atoms with Crippen molar-refractivity contribution in [2.24, 2.45) is 11.8 Å². The van der Waals surface area contributed by atoms with Gasteiger partial charge in [-0.2, -0.15) is 0 Å². The molecule has 15 heteroatoms. The van der Waals surface area contributed by atoms with Gasteiger partial charge in [0.2, 0.25) is 29.5 Å². The zero-order chi connectivity index (χ0) is 34.9. The van der Waals surface area contributed by atoms with Crippen molar-refractivity contribution in [2.45, 2.75) is 91.0 Å². The van der Waals surface area contributed by atoms with Gasteiger partial charge in [0.15, 0.2) is 0 Å². The Bertz CT molecular complexity index is 1360. The molecule has 0 aromatic heterocycles. The highest BCUT2D eigenvalue weighted by molar-refractivity contribution is 5.97. The molecule has 5 amide bonds. The van der Waals surface area contributed by atoms with E-state index in [1.54, 1.807) is 39.8 Å². The highest BCUT2D eigenvalue weighted by Gasteiger charge is 2.41. The van der Waals surface area contributed by atoms with Crippen molar-refractivity contribution < 1.29 is 48.6 Å². The lowest BCUT2D eigenvalue weighted by molar-refractivity contribution is -0.147. The molecule has 0 fully saturated rings. The molecule has 2 rings (SSSR count). The van der Waals surface area contributed by atoms with Gasteiger partial charge in [-0.15, -0.1) is 0 Å². The molecule has 0 aliphatic carbocycles. The third-order valence-electron chi connectivity index (χ3n) is 7.49. The number of carbonyl (C=O) groups excluding carboxylic acids is 6. The van der Waals surface area contributed by atoms with Crippen LogP contribution in [0, 0.1) is 18.8 Å². The van der Waals surface area contributed by atoms with Gasteiger partial charge >= 0.3 is 11.9 Å². The quantitative estimate of drug-likeness (QED) is 0.138. The van der Waals surface area contributed by atoms with Crippen molar-refractivity contribution in [3.05, 3.63) is 34.9 Å². The lowest BCUT2D eigenvalue weighted by atomic mass is 9.89. The van der Waals surface area contributed by atoms with E-state index >= 15 is 0 Å². The number of amides is 5. The Kier molecular flexibility index (Phi) is 13.4. The van der Waals surface area contributed by atoms with E-state index in [1.165, 1.54) is 11.8 Å². The van der Waals surface area contributed by atoms with Gasteiger partial charge in [0, 0.05) is 13.5 Å². The standard InChI is InChI=1S/C31H43N5O10/c1-15(2)25(32-18(6)38)29(44)34-22(13-24(41)42)28(43)35-26(16(3)4)31(46)36-10-9-19-11-17(5)7-8-21(19)27(36)30(45)33-20(14-37)12-23(39)40/h7-8,11,14-16,20,22,25-27H,9-10,12-13H2,1-6H3,(H,32,38)(H,33,45)(H,34,44)(H,35,43)(H,39,40)(H,41,42)/t20?,22?,25?,26?,27-/m0/s1. The van der Waals surface area contributed by atoms with Crippen LogP contribution in [0.4, 0.5) is 0 Å². The molecule has 0 radical (unpaired) electrons. The number of carboxylic acid groups (broad SMARTS) is 2. The Morgan fingerprint density at radius 3 is 2.00 bits per heavy atom. The molecule has 0 saturated carbocycles. The van der Waals surface area contributed by atoms with Gasteiger partial charge in [0.1, 0.15) is 30.5 Å². The molecule has 1 aliphatic heterocycles. The van der Waals surface area contributed by atoms with Crippen LogP contribution in [0.3, 0.4) is 0 Å².